The molecule has 3 heteroatoms. The summed E-state index contributed by atoms with van der Waals surface area (Å²) in [4.78, 5) is 4.12. The highest BCUT2D eigenvalue weighted by Gasteiger charge is 2.06. The first-order valence-electron chi connectivity index (χ1n) is 4.45. The van der Waals surface area contributed by atoms with E-state index < -0.39 is 0 Å². The van der Waals surface area contributed by atoms with Gasteiger partial charge in [0, 0.05) is 24.0 Å². The van der Waals surface area contributed by atoms with Crippen LogP contribution in [0.15, 0.2) is 24.4 Å². The molecule has 0 aliphatic carbocycles. The number of aryl methyl sites for hydroxylation is 1. The molecule has 0 bridgehead atoms. The van der Waals surface area contributed by atoms with Crippen LogP contribution in [-0.4, -0.2) is 12.0 Å². The summed E-state index contributed by atoms with van der Waals surface area (Å²) in [5.74, 6) is 0.544. The number of fused-ring (bicyclic) bond motifs is 1. The Morgan fingerprint density at radius 1 is 1.21 bits per heavy atom. The molecule has 1 aromatic heterocycles. The van der Waals surface area contributed by atoms with Gasteiger partial charge < -0.3 is 5.32 Å². The minimum Gasteiger partial charge on any atom is -0.373 e. The highest BCUT2D eigenvalue weighted by molar-refractivity contribution is 5.92. The standard InChI is InChI=1S/C11H11FN2/c1-7-3-4-9-8(10(7)12)5-6-14-11(9)13-2/h3-6H,1-2H3,(H,13,14). The molecule has 72 valence electrons. The third kappa shape index (κ3) is 1.21. The van der Waals surface area contributed by atoms with Gasteiger partial charge in [-0.25, -0.2) is 9.37 Å². The van der Waals surface area contributed by atoms with Crippen LogP contribution in [0.4, 0.5) is 10.2 Å². The minimum absolute atomic E-state index is 0.165. The molecule has 0 aliphatic rings. The average molecular weight is 190 g/mol. The zero-order valence-corrected chi connectivity index (χ0v) is 8.13. The summed E-state index contributed by atoms with van der Waals surface area (Å²) >= 11 is 0. The van der Waals surface area contributed by atoms with Crippen molar-refractivity contribution in [2.75, 3.05) is 12.4 Å². The van der Waals surface area contributed by atoms with Gasteiger partial charge in [0.2, 0.25) is 0 Å². The van der Waals surface area contributed by atoms with E-state index in [0.717, 1.165) is 5.39 Å². The van der Waals surface area contributed by atoms with Crippen LogP contribution in [0.25, 0.3) is 10.8 Å². The first kappa shape index (κ1) is 8.94. The van der Waals surface area contributed by atoms with E-state index in [1.54, 1.807) is 32.3 Å². The number of pyridine rings is 1. The first-order valence-corrected chi connectivity index (χ1v) is 4.45. The lowest BCUT2D eigenvalue weighted by atomic mass is 10.1. The van der Waals surface area contributed by atoms with Gasteiger partial charge in [-0.2, -0.15) is 0 Å². The van der Waals surface area contributed by atoms with Crippen molar-refractivity contribution in [1.29, 1.82) is 0 Å². The molecule has 1 heterocycles. The molecule has 1 aromatic carbocycles. The molecule has 2 nitrogen and oxygen atoms in total. The molecular weight excluding hydrogens is 179 g/mol. The summed E-state index contributed by atoms with van der Waals surface area (Å²) in [7, 11) is 1.78. The number of hydrogen-bond acceptors (Lipinski definition) is 2. The summed E-state index contributed by atoms with van der Waals surface area (Å²) in [6, 6.07) is 5.34. The minimum atomic E-state index is -0.165. The lowest BCUT2D eigenvalue weighted by molar-refractivity contribution is 0.630. The number of nitrogens with one attached hydrogen (secondary N) is 1. The molecule has 0 amide bonds. The second kappa shape index (κ2) is 3.25. The summed E-state index contributed by atoms with van der Waals surface area (Å²) in [5.41, 5.74) is 0.658. The molecule has 2 rings (SSSR count). The van der Waals surface area contributed by atoms with Crippen LogP contribution in [0.1, 0.15) is 5.56 Å². The van der Waals surface area contributed by atoms with Crippen LogP contribution >= 0.6 is 0 Å². The Morgan fingerprint density at radius 2 is 2.00 bits per heavy atom. The molecule has 0 spiro atoms. The zero-order valence-electron chi connectivity index (χ0n) is 8.13. The van der Waals surface area contributed by atoms with Gasteiger partial charge in [0.15, 0.2) is 0 Å². The summed E-state index contributed by atoms with van der Waals surface area (Å²) < 4.78 is 13.7. The Bertz CT molecular complexity index is 480. The smallest absolute Gasteiger partial charge is 0.134 e. The van der Waals surface area contributed by atoms with E-state index in [9.17, 15) is 4.39 Å². The normalized spacial score (nSPS) is 10.5. The molecule has 0 saturated carbocycles. The van der Waals surface area contributed by atoms with Crippen molar-refractivity contribution >= 4 is 16.6 Å². The van der Waals surface area contributed by atoms with Crippen LogP contribution in [-0.2, 0) is 0 Å². The fourth-order valence-corrected chi connectivity index (χ4v) is 1.53. The predicted octanol–water partition coefficient (Wildman–Crippen LogP) is 2.72. The van der Waals surface area contributed by atoms with Gasteiger partial charge in [0.25, 0.3) is 0 Å². The van der Waals surface area contributed by atoms with Gasteiger partial charge in [0.05, 0.1) is 0 Å². The number of halogens is 1. The molecule has 14 heavy (non-hydrogen) atoms. The van der Waals surface area contributed by atoms with Crippen molar-refractivity contribution in [3.8, 4) is 0 Å². The Hall–Kier alpha value is -1.64. The maximum Gasteiger partial charge on any atom is 0.134 e. The monoisotopic (exact) mass is 190 g/mol. The summed E-state index contributed by atoms with van der Waals surface area (Å²) in [6.07, 6.45) is 1.61. The third-order valence-electron chi connectivity index (χ3n) is 2.31. The van der Waals surface area contributed by atoms with Crippen LogP contribution in [0.3, 0.4) is 0 Å². The second-order valence-corrected chi connectivity index (χ2v) is 3.20. The van der Waals surface area contributed by atoms with Crippen LogP contribution in [0.5, 0.6) is 0 Å². The number of hydrogen-bond donors (Lipinski definition) is 1. The van der Waals surface area contributed by atoms with E-state index in [4.69, 9.17) is 0 Å². The van der Waals surface area contributed by atoms with Crippen LogP contribution in [0, 0.1) is 12.7 Å². The van der Waals surface area contributed by atoms with Gasteiger partial charge in [-0.05, 0) is 18.6 Å². The van der Waals surface area contributed by atoms with E-state index in [1.807, 2.05) is 6.07 Å². The quantitative estimate of drug-likeness (QED) is 0.747. The molecule has 0 fully saturated rings. The van der Waals surface area contributed by atoms with E-state index in [0.29, 0.717) is 16.8 Å². The number of anilines is 1. The van der Waals surface area contributed by atoms with E-state index in [1.165, 1.54) is 0 Å². The van der Waals surface area contributed by atoms with Gasteiger partial charge >= 0.3 is 0 Å². The molecule has 0 unspecified atom stereocenters. The first-order chi connectivity index (χ1) is 6.74. The summed E-state index contributed by atoms with van der Waals surface area (Å²) in [5, 5.41) is 4.37. The van der Waals surface area contributed by atoms with E-state index in [2.05, 4.69) is 10.3 Å². The fraction of sp³-hybridized carbons (Fsp3) is 0.182. The molecule has 0 radical (unpaired) electrons. The van der Waals surface area contributed by atoms with Gasteiger partial charge in [-0.15, -0.1) is 0 Å². The molecule has 1 N–H and O–H groups in total. The lowest BCUT2D eigenvalue weighted by Crippen LogP contribution is -1.94. The van der Waals surface area contributed by atoms with Crippen molar-refractivity contribution in [3.05, 3.63) is 35.8 Å². The molecular formula is C11H11FN2. The maximum absolute atomic E-state index is 13.7. The highest BCUT2D eigenvalue weighted by atomic mass is 19.1. The van der Waals surface area contributed by atoms with Crippen LogP contribution in [0.2, 0.25) is 0 Å². The van der Waals surface area contributed by atoms with Crippen molar-refractivity contribution < 1.29 is 4.39 Å². The topological polar surface area (TPSA) is 24.9 Å². The van der Waals surface area contributed by atoms with Crippen molar-refractivity contribution in [3.63, 3.8) is 0 Å². The van der Waals surface area contributed by atoms with Crippen molar-refractivity contribution in [2.45, 2.75) is 6.92 Å². The Kier molecular flexibility index (Phi) is 2.08. The van der Waals surface area contributed by atoms with Crippen LogP contribution < -0.4 is 5.32 Å². The number of aromatic nitrogens is 1. The SMILES string of the molecule is CNc1nccc2c(F)c(C)ccc12. The Balaban J connectivity index is 2.86. The third-order valence-corrected chi connectivity index (χ3v) is 2.31. The average Bonchev–Trinajstić information content (AvgIpc) is 2.23. The van der Waals surface area contributed by atoms with Gasteiger partial charge in [-0.1, -0.05) is 12.1 Å². The second-order valence-electron chi connectivity index (χ2n) is 3.20. The maximum atomic E-state index is 13.7. The lowest BCUT2D eigenvalue weighted by Gasteiger charge is -2.06. The van der Waals surface area contributed by atoms with Gasteiger partial charge in [-0.3, -0.25) is 0 Å². The molecule has 2 aromatic rings. The van der Waals surface area contributed by atoms with E-state index >= 15 is 0 Å². The molecule has 0 saturated heterocycles. The largest absolute Gasteiger partial charge is 0.373 e. The Labute approximate surface area is 81.8 Å². The molecule has 0 atom stereocenters. The number of nitrogens with zero attached hydrogens (tertiary/aromatic N) is 1. The fourth-order valence-electron chi connectivity index (χ4n) is 1.53. The Morgan fingerprint density at radius 3 is 2.71 bits per heavy atom. The summed E-state index contributed by atoms with van der Waals surface area (Å²) in [6.45, 7) is 1.76. The number of rotatable bonds is 1. The highest BCUT2D eigenvalue weighted by Crippen LogP contribution is 2.24. The number of benzene rings is 1. The predicted molar refractivity (Wildman–Crippen MR) is 56.0 cm³/mol. The molecule has 0 aliphatic heterocycles. The van der Waals surface area contributed by atoms with Gasteiger partial charge in [0.1, 0.15) is 11.6 Å². The van der Waals surface area contributed by atoms with E-state index in [-0.39, 0.29) is 5.82 Å². The van der Waals surface area contributed by atoms with Crippen molar-refractivity contribution in [2.24, 2.45) is 0 Å². The zero-order chi connectivity index (χ0) is 10.1. The van der Waals surface area contributed by atoms with Crippen molar-refractivity contribution in [1.82, 2.24) is 4.98 Å².